The molecule has 0 saturated heterocycles. The van der Waals surface area contributed by atoms with Gasteiger partial charge in [-0.05, 0) is 42.3 Å². The number of rotatable bonds is 7. The highest BCUT2D eigenvalue weighted by Gasteiger charge is 2.15. The van der Waals surface area contributed by atoms with Crippen molar-refractivity contribution in [2.45, 2.75) is 13.3 Å². The van der Waals surface area contributed by atoms with Crippen LogP contribution in [0.2, 0.25) is 0 Å². The van der Waals surface area contributed by atoms with E-state index in [0.717, 1.165) is 11.1 Å². The van der Waals surface area contributed by atoms with E-state index in [1.165, 1.54) is 0 Å². The standard InChI is InChI=1S/C24H22N2O4/c1-17-9-5-6-10-18(17)15-23(28)30-16-22(27)26-21-14-8-7-13-20(21)24(29)25-19-11-3-2-4-12-19/h2-14H,15-16H2,1H3,(H,25,29)(H,26,27). The quantitative estimate of drug-likeness (QED) is 0.586. The summed E-state index contributed by atoms with van der Waals surface area (Å²) in [6, 6.07) is 23.2. The number of nitrogens with one attached hydrogen (secondary N) is 2. The lowest BCUT2D eigenvalue weighted by molar-refractivity contribution is -0.146. The van der Waals surface area contributed by atoms with E-state index in [9.17, 15) is 14.4 Å². The number of amides is 2. The molecule has 0 spiro atoms. The van der Waals surface area contributed by atoms with E-state index >= 15 is 0 Å². The van der Waals surface area contributed by atoms with E-state index in [4.69, 9.17) is 4.74 Å². The number of esters is 1. The van der Waals surface area contributed by atoms with Crippen molar-refractivity contribution in [2.75, 3.05) is 17.2 Å². The van der Waals surface area contributed by atoms with Gasteiger partial charge in [0.25, 0.3) is 11.8 Å². The van der Waals surface area contributed by atoms with Crippen LogP contribution in [0, 0.1) is 6.92 Å². The molecular formula is C24H22N2O4. The molecule has 2 N–H and O–H groups in total. The fourth-order valence-electron chi connectivity index (χ4n) is 2.86. The average Bonchev–Trinajstić information content (AvgIpc) is 2.75. The van der Waals surface area contributed by atoms with Crippen LogP contribution < -0.4 is 10.6 Å². The summed E-state index contributed by atoms with van der Waals surface area (Å²) in [6.45, 7) is 1.48. The summed E-state index contributed by atoms with van der Waals surface area (Å²) in [5.41, 5.74) is 3.13. The molecule has 30 heavy (non-hydrogen) atoms. The zero-order valence-corrected chi connectivity index (χ0v) is 16.6. The van der Waals surface area contributed by atoms with Gasteiger partial charge in [-0.25, -0.2) is 0 Å². The normalized spacial score (nSPS) is 10.2. The zero-order chi connectivity index (χ0) is 21.3. The van der Waals surface area contributed by atoms with Gasteiger partial charge in [-0.3, -0.25) is 14.4 Å². The summed E-state index contributed by atoms with van der Waals surface area (Å²) in [5, 5.41) is 5.41. The van der Waals surface area contributed by atoms with E-state index in [0.29, 0.717) is 16.9 Å². The SMILES string of the molecule is Cc1ccccc1CC(=O)OCC(=O)Nc1ccccc1C(=O)Nc1ccccc1. The second-order valence-electron chi connectivity index (χ2n) is 6.68. The Kier molecular flexibility index (Phi) is 6.95. The largest absolute Gasteiger partial charge is 0.455 e. The first-order valence-corrected chi connectivity index (χ1v) is 9.48. The maximum Gasteiger partial charge on any atom is 0.310 e. The molecule has 0 aliphatic carbocycles. The van der Waals surface area contributed by atoms with Crippen molar-refractivity contribution in [3.05, 3.63) is 95.6 Å². The average molecular weight is 402 g/mol. The van der Waals surface area contributed by atoms with Crippen LogP contribution in [0.25, 0.3) is 0 Å². The topological polar surface area (TPSA) is 84.5 Å². The number of anilines is 2. The molecule has 0 fully saturated rings. The lowest BCUT2D eigenvalue weighted by atomic mass is 10.1. The molecule has 3 rings (SSSR count). The van der Waals surface area contributed by atoms with Crippen molar-refractivity contribution in [3.8, 4) is 0 Å². The minimum absolute atomic E-state index is 0.0933. The molecule has 0 aromatic heterocycles. The molecule has 0 aliphatic rings. The highest BCUT2D eigenvalue weighted by molar-refractivity contribution is 6.10. The van der Waals surface area contributed by atoms with Crippen LogP contribution in [-0.4, -0.2) is 24.4 Å². The Bertz CT molecular complexity index is 1050. The minimum atomic E-state index is -0.520. The molecule has 0 bridgehead atoms. The van der Waals surface area contributed by atoms with E-state index in [1.807, 2.05) is 49.4 Å². The highest BCUT2D eigenvalue weighted by atomic mass is 16.5. The predicted molar refractivity (Wildman–Crippen MR) is 115 cm³/mol. The van der Waals surface area contributed by atoms with E-state index in [2.05, 4.69) is 10.6 Å². The van der Waals surface area contributed by atoms with Gasteiger partial charge in [0.05, 0.1) is 17.7 Å². The van der Waals surface area contributed by atoms with Gasteiger partial charge in [0, 0.05) is 5.69 Å². The van der Waals surface area contributed by atoms with Crippen molar-refractivity contribution < 1.29 is 19.1 Å². The third kappa shape index (κ3) is 5.78. The molecule has 6 heteroatoms. The maximum absolute atomic E-state index is 12.6. The number of hydrogen-bond donors (Lipinski definition) is 2. The van der Waals surface area contributed by atoms with Crippen molar-refractivity contribution in [1.82, 2.24) is 0 Å². The molecule has 152 valence electrons. The van der Waals surface area contributed by atoms with Crippen LogP contribution in [0.3, 0.4) is 0 Å². The zero-order valence-electron chi connectivity index (χ0n) is 16.6. The van der Waals surface area contributed by atoms with Crippen LogP contribution in [-0.2, 0) is 20.7 Å². The summed E-state index contributed by atoms with van der Waals surface area (Å²) in [5.74, 6) is -1.36. The highest BCUT2D eigenvalue weighted by Crippen LogP contribution is 2.17. The van der Waals surface area contributed by atoms with Gasteiger partial charge >= 0.3 is 5.97 Å². The summed E-state index contributed by atoms with van der Waals surface area (Å²) in [7, 11) is 0. The number of carbonyl (C=O) groups is 3. The predicted octanol–water partition coefficient (Wildman–Crippen LogP) is 3.97. The molecule has 2 amide bonds. The van der Waals surface area contributed by atoms with Gasteiger partial charge < -0.3 is 15.4 Å². The van der Waals surface area contributed by atoms with Gasteiger partial charge in [0.1, 0.15) is 0 Å². The number of para-hydroxylation sites is 2. The molecule has 0 radical (unpaired) electrons. The Hall–Kier alpha value is -3.93. The third-order valence-corrected chi connectivity index (χ3v) is 4.44. The molecule has 0 atom stereocenters. The maximum atomic E-state index is 12.6. The molecule has 0 heterocycles. The van der Waals surface area contributed by atoms with E-state index < -0.39 is 18.5 Å². The lowest BCUT2D eigenvalue weighted by Gasteiger charge is -2.12. The van der Waals surface area contributed by atoms with E-state index in [-0.39, 0.29) is 12.3 Å². The summed E-state index contributed by atoms with van der Waals surface area (Å²) < 4.78 is 5.08. The minimum Gasteiger partial charge on any atom is -0.455 e. The van der Waals surface area contributed by atoms with Crippen LogP contribution in [0.1, 0.15) is 21.5 Å². The number of aryl methyl sites for hydroxylation is 1. The second-order valence-corrected chi connectivity index (χ2v) is 6.68. The smallest absolute Gasteiger partial charge is 0.310 e. The molecule has 0 aliphatic heterocycles. The van der Waals surface area contributed by atoms with Gasteiger partial charge in [0.15, 0.2) is 6.61 Å². The number of benzene rings is 3. The first kappa shape index (κ1) is 20.8. The van der Waals surface area contributed by atoms with Crippen molar-refractivity contribution in [1.29, 1.82) is 0 Å². The number of carbonyl (C=O) groups excluding carboxylic acids is 3. The van der Waals surface area contributed by atoms with Crippen LogP contribution >= 0.6 is 0 Å². The van der Waals surface area contributed by atoms with E-state index in [1.54, 1.807) is 36.4 Å². The monoisotopic (exact) mass is 402 g/mol. The van der Waals surface area contributed by atoms with Gasteiger partial charge in [-0.1, -0.05) is 54.6 Å². The van der Waals surface area contributed by atoms with Gasteiger partial charge in [-0.2, -0.15) is 0 Å². The van der Waals surface area contributed by atoms with Crippen molar-refractivity contribution in [3.63, 3.8) is 0 Å². The summed E-state index contributed by atoms with van der Waals surface area (Å²) in [4.78, 5) is 36.9. The first-order chi connectivity index (χ1) is 14.5. The fraction of sp³-hybridized carbons (Fsp3) is 0.125. The Labute approximate surface area is 174 Å². The molecular weight excluding hydrogens is 380 g/mol. The van der Waals surface area contributed by atoms with Crippen LogP contribution in [0.15, 0.2) is 78.9 Å². The Morgan fingerprint density at radius 2 is 1.47 bits per heavy atom. The first-order valence-electron chi connectivity index (χ1n) is 9.48. The Morgan fingerprint density at radius 3 is 2.23 bits per heavy atom. The number of hydrogen-bond acceptors (Lipinski definition) is 4. The molecule has 6 nitrogen and oxygen atoms in total. The second kappa shape index (κ2) is 10.0. The molecule has 3 aromatic rings. The third-order valence-electron chi connectivity index (χ3n) is 4.44. The lowest BCUT2D eigenvalue weighted by Crippen LogP contribution is -2.23. The summed E-state index contributed by atoms with van der Waals surface area (Å²) >= 11 is 0. The van der Waals surface area contributed by atoms with Gasteiger partial charge in [0.2, 0.25) is 0 Å². The summed E-state index contributed by atoms with van der Waals surface area (Å²) in [6.07, 6.45) is 0.0933. The fourth-order valence-corrected chi connectivity index (χ4v) is 2.86. The molecule has 3 aromatic carbocycles. The molecule has 0 unspecified atom stereocenters. The Balaban J connectivity index is 1.57. The Morgan fingerprint density at radius 1 is 0.800 bits per heavy atom. The van der Waals surface area contributed by atoms with Gasteiger partial charge in [-0.15, -0.1) is 0 Å². The van der Waals surface area contributed by atoms with Crippen LogP contribution in [0.4, 0.5) is 11.4 Å². The van der Waals surface area contributed by atoms with Crippen LogP contribution in [0.5, 0.6) is 0 Å². The van der Waals surface area contributed by atoms with Crippen molar-refractivity contribution >= 4 is 29.2 Å². The number of ether oxygens (including phenoxy) is 1. The molecule has 0 saturated carbocycles. The van der Waals surface area contributed by atoms with Crippen molar-refractivity contribution in [2.24, 2.45) is 0 Å².